The van der Waals surface area contributed by atoms with Crippen molar-refractivity contribution in [3.05, 3.63) is 29.6 Å². The third kappa shape index (κ3) is 6.83. The van der Waals surface area contributed by atoms with E-state index in [1.807, 2.05) is 24.5 Å². The summed E-state index contributed by atoms with van der Waals surface area (Å²) in [5.74, 6) is 3.80. The van der Waals surface area contributed by atoms with Crippen LogP contribution in [0.1, 0.15) is 31.7 Å². The molecule has 0 bridgehead atoms. The second-order valence-electron chi connectivity index (χ2n) is 7.25. The third-order valence-corrected chi connectivity index (χ3v) is 5.19. The lowest BCUT2D eigenvalue weighted by atomic mass is 10.2. The number of nitrogens with one attached hydrogen (secondary N) is 2. The first-order valence-corrected chi connectivity index (χ1v) is 11.4. The van der Waals surface area contributed by atoms with Gasteiger partial charge in [-0.3, -0.25) is 4.99 Å². The smallest absolute Gasteiger partial charge is 0.191 e. The molecular formula is C21H34N6O2S. The monoisotopic (exact) mass is 434 g/mol. The van der Waals surface area contributed by atoms with E-state index in [0.29, 0.717) is 12.5 Å². The average Bonchev–Trinajstić information content (AvgIpc) is 3.13. The van der Waals surface area contributed by atoms with Gasteiger partial charge < -0.3 is 24.7 Å². The van der Waals surface area contributed by atoms with Crippen molar-refractivity contribution in [2.75, 3.05) is 34.1 Å². The summed E-state index contributed by atoms with van der Waals surface area (Å²) in [6, 6.07) is 5.87. The highest BCUT2D eigenvalue weighted by molar-refractivity contribution is 7.98. The Kier molecular flexibility index (Phi) is 9.79. The van der Waals surface area contributed by atoms with Crippen LogP contribution in [-0.2, 0) is 19.5 Å². The van der Waals surface area contributed by atoms with Gasteiger partial charge in [0.05, 0.1) is 14.2 Å². The van der Waals surface area contributed by atoms with E-state index >= 15 is 0 Å². The van der Waals surface area contributed by atoms with Gasteiger partial charge in [0.15, 0.2) is 22.6 Å². The van der Waals surface area contributed by atoms with E-state index in [1.54, 1.807) is 33.0 Å². The first kappa shape index (κ1) is 23.9. The molecular weight excluding hydrogens is 400 g/mol. The molecule has 0 aliphatic heterocycles. The number of hydrogen-bond acceptors (Lipinski definition) is 6. The van der Waals surface area contributed by atoms with Crippen molar-refractivity contribution in [3.63, 3.8) is 0 Å². The van der Waals surface area contributed by atoms with Gasteiger partial charge in [-0.15, -0.1) is 10.2 Å². The van der Waals surface area contributed by atoms with E-state index in [-0.39, 0.29) is 0 Å². The molecule has 1 aromatic carbocycles. The summed E-state index contributed by atoms with van der Waals surface area (Å²) in [6.45, 7) is 6.81. The SMILES string of the molecule is CN=C(NCCCc1nnc(SC)n1CC(C)C)NCc1ccc(OC)c(OC)c1. The molecule has 0 atom stereocenters. The third-order valence-electron chi connectivity index (χ3n) is 4.52. The molecule has 0 spiro atoms. The molecule has 0 fully saturated rings. The number of guanidine groups is 1. The van der Waals surface area contributed by atoms with Gasteiger partial charge in [-0.05, 0) is 36.3 Å². The van der Waals surface area contributed by atoms with Crippen LogP contribution < -0.4 is 20.1 Å². The largest absolute Gasteiger partial charge is 0.493 e. The molecule has 0 saturated heterocycles. The summed E-state index contributed by atoms with van der Waals surface area (Å²) in [5.41, 5.74) is 1.09. The predicted molar refractivity (Wildman–Crippen MR) is 123 cm³/mol. The fourth-order valence-electron chi connectivity index (χ4n) is 3.05. The lowest BCUT2D eigenvalue weighted by molar-refractivity contribution is 0.354. The van der Waals surface area contributed by atoms with Crippen molar-refractivity contribution in [1.82, 2.24) is 25.4 Å². The summed E-state index contributed by atoms with van der Waals surface area (Å²) in [7, 11) is 5.04. The van der Waals surface area contributed by atoms with Gasteiger partial charge in [-0.25, -0.2) is 0 Å². The Morgan fingerprint density at radius 3 is 2.57 bits per heavy atom. The van der Waals surface area contributed by atoms with E-state index in [1.165, 1.54) is 0 Å². The van der Waals surface area contributed by atoms with E-state index in [2.05, 4.69) is 44.2 Å². The van der Waals surface area contributed by atoms with Crippen molar-refractivity contribution >= 4 is 17.7 Å². The van der Waals surface area contributed by atoms with Gasteiger partial charge in [-0.1, -0.05) is 31.7 Å². The molecule has 1 heterocycles. The molecule has 2 N–H and O–H groups in total. The van der Waals surface area contributed by atoms with Gasteiger partial charge in [0.2, 0.25) is 0 Å². The second-order valence-corrected chi connectivity index (χ2v) is 8.03. The van der Waals surface area contributed by atoms with Crippen LogP contribution in [0.2, 0.25) is 0 Å². The Labute approximate surface area is 183 Å². The summed E-state index contributed by atoms with van der Waals surface area (Å²) < 4.78 is 12.9. The van der Waals surface area contributed by atoms with Crippen LogP contribution in [0, 0.1) is 5.92 Å². The standard InChI is InChI=1S/C21H34N6O2S/c1-15(2)14-27-19(25-26-21(27)30-6)8-7-11-23-20(22-3)24-13-16-9-10-17(28-4)18(12-16)29-5/h9-10,12,15H,7-8,11,13-14H2,1-6H3,(H2,22,23,24). The van der Waals surface area contributed by atoms with Crippen molar-refractivity contribution in [3.8, 4) is 11.5 Å². The minimum Gasteiger partial charge on any atom is -0.493 e. The molecule has 0 saturated carbocycles. The fourth-order valence-corrected chi connectivity index (χ4v) is 3.58. The maximum absolute atomic E-state index is 5.36. The highest BCUT2D eigenvalue weighted by atomic mass is 32.2. The number of thioether (sulfide) groups is 1. The number of ether oxygens (including phenoxy) is 2. The maximum Gasteiger partial charge on any atom is 0.191 e. The van der Waals surface area contributed by atoms with E-state index in [4.69, 9.17) is 9.47 Å². The highest BCUT2D eigenvalue weighted by Gasteiger charge is 2.12. The second kappa shape index (κ2) is 12.3. The molecule has 0 radical (unpaired) electrons. The van der Waals surface area contributed by atoms with E-state index in [9.17, 15) is 0 Å². The normalized spacial score (nSPS) is 11.6. The molecule has 1 aromatic heterocycles. The quantitative estimate of drug-likeness (QED) is 0.243. The molecule has 2 rings (SSSR count). The number of methoxy groups -OCH3 is 2. The van der Waals surface area contributed by atoms with Gasteiger partial charge >= 0.3 is 0 Å². The summed E-state index contributed by atoms with van der Waals surface area (Å²) in [6.07, 6.45) is 3.86. The van der Waals surface area contributed by atoms with Crippen LogP contribution in [0.4, 0.5) is 0 Å². The van der Waals surface area contributed by atoms with Gasteiger partial charge in [0, 0.05) is 33.1 Å². The molecule has 9 heteroatoms. The minimum atomic E-state index is 0.559. The Morgan fingerprint density at radius 2 is 1.93 bits per heavy atom. The molecule has 2 aromatic rings. The van der Waals surface area contributed by atoms with E-state index in [0.717, 1.165) is 59.9 Å². The Morgan fingerprint density at radius 1 is 1.17 bits per heavy atom. The Bertz CT molecular complexity index is 822. The van der Waals surface area contributed by atoms with Crippen molar-refractivity contribution in [2.24, 2.45) is 10.9 Å². The first-order chi connectivity index (χ1) is 14.5. The first-order valence-electron chi connectivity index (χ1n) is 10.1. The molecule has 30 heavy (non-hydrogen) atoms. The van der Waals surface area contributed by atoms with Crippen LogP contribution in [0.3, 0.4) is 0 Å². The topological polar surface area (TPSA) is 85.6 Å². The fraction of sp³-hybridized carbons (Fsp3) is 0.571. The zero-order valence-corrected chi connectivity index (χ0v) is 19.7. The molecule has 0 aliphatic rings. The van der Waals surface area contributed by atoms with Crippen LogP contribution in [-0.4, -0.2) is 54.8 Å². The zero-order chi connectivity index (χ0) is 21.9. The molecule has 8 nitrogen and oxygen atoms in total. The molecule has 0 unspecified atom stereocenters. The average molecular weight is 435 g/mol. The summed E-state index contributed by atoms with van der Waals surface area (Å²) in [4.78, 5) is 4.30. The van der Waals surface area contributed by atoms with Crippen LogP contribution in [0.25, 0.3) is 0 Å². The zero-order valence-electron chi connectivity index (χ0n) is 18.9. The van der Waals surface area contributed by atoms with E-state index < -0.39 is 0 Å². The number of aryl methyl sites for hydroxylation is 1. The number of aliphatic imine (C=N–C) groups is 1. The number of hydrogen-bond donors (Lipinski definition) is 2. The highest BCUT2D eigenvalue weighted by Crippen LogP contribution is 2.27. The number of nitrogens with zero attached hydrogens (tertiary/aromatic N) is 4. The van der Waals surface area contributed by atoms with Crippen molar-refractivity contribution in [1.29, 1.82) is 0 Å². The van der Waals surface area contributed by atoms with Gasteiger partial charge in [0.25, 0.3) is 0 Å². The number of rotatable bonds is 11. The van der Waals surface area contributed by atoms with Gasteiger partial charge in [-0.2, -0.15) is 0 Å². The number of aromatic nitrogens is 3. The van der Waals surface area contributed by atoms with Crippen LogP contribution in [0.15, 0.2) is 28.3 Å². The molecule has 0 aliphatic carbocycles. The predicted octanol–water partition coefficient (Wildman–Crippen LogP) is 2.97. The van der Waals surface area contributed by atoms with Crippen molar-refractivity contribution in [2.45, 2.75) is 44.9 Å². The molecule has 166 valence electrons. The summed E-state index contributed by atoms with van der Waals surface area (Å²) >= 11 is 1.64. The molecule has 0 amide bonds. The van der Waals surface area contributed by atoms with Gasteiger partial charge in [0.1, 0.15) is 5.82 Å². The van der Waals surface area contributed by atoms with Crippen molar-refractivity contribution < 1.29 is 9.47 Å². The summed E-state index contributed by atoms with van der Waals surface area (Å²) in [5, 5.41) is 16.4. The Hall–Kier alpha value is -2.42. The minimum absolute atomic E-state index is 0.559. The lowest BCUT2D eigenvalue weighted by Gasteiger charge is -2.14. The Balaban J connectivity index is 1.82. The van der Waals surface area contributed by atoms with Crippen LogP contribution >= 0.6 is 11.8 Å². The number of benzene rings is 1. The van der Waals surface area contributed by atoms with Crippen LogP contribution in [0.5, 0.6) is 11.5 Å². The lowest BCUT2D eigenvalue weighted by Crippen LogP contribution is -2.37. The maximum atomic E-state index is 5.36.